The van der Waals surface area contributed by atoms with Crippen LogP contribution in [0.5, 0.6) is 0 Å². The van der Waals surface area contributed by atoms with Crippen molar-refractivity contribution in [2.45, 2.75) is 39.3 Å². The highest BCUT2D eigenvalue weighted by Crippen LogP contribution is 2.22. The van der Waals surface area contributed by atoms with Gasteiger partial charge >= 0.3 is 0 Å². The van der Waals surface area contributed by atoms with E-state index in [0.29, 0.717) is 12.0 Å². The van der Waals surface area contributed by atoms with Crippen LogP contribution < -0.4 is 5.32 Å². The minimum atomic E-state index is -0.216. The molecule has 0 fully saturated rings. The van der Waals surface area contributed by atoms with Crippen molar-refractivity contribution in [1.29, 1.82) is 0 Å². The molecule has 0 aliphatic carbocycles. The van der Waals surface area contributed by atoms with Gasteiger partial charge in [-0.25, -0.2) is 0 Å². The molecule has 3 atom stereocenters. The summed E-state index contributed by atoms with van der Waals surface area (Å²) in [5.41, 5.74) is 1.35. The smallest absolute Gasteiger partial charge is 0.0524 e. The Bertz CT molecular complexity index is 353. The molecule has 0 aromatic heterocycles. The van der Waals surface area contributed by atoms with Gasteiger partial charge in [0, 0.05) is 19.1 Å². The lowest BCUT2D eigenvalue weighted by atomic mass is 9.94. The number of aliphatic hydroxyl groups is 1. The van der Waals surface area contributed by atoms with Gasteiger partial charge in [-0.2, -0.15) is 0 Å². The summed E-state index contributed by atoms with van der Waals surface area (Å²) in [4.78, 5) is 2.31. The summed E-state index contributed by atoms with van der Waals surface area (Å²) in [6, 6.07) is 11.0. The topological polar surface area (TPSA) is 35.5 Å². The molecule has 3 nitrogen and oxygen atoms in total. The van der Waals surface area contributed by atoms with E-state index in [-0.39, 0.29) is 6.10 Å². The molecule has 1 aromatic rings. The molecule has 20 heavy (non-hydrogen) atoms. The van der Waals surface area contributed by atoms with E-state index < -0.39 is 0 Å². The van der Waals surface area contributed by atoms with Crippen LogP contribution in [0.3, 0.4) is 0 Å². The first kappa shape index (κ1) is 17.2. The van der Waals surface area contributed by atoms with Crippen LogP contribution >= 0.6 is 0 Å². The highest BCUT2D eigenvalue weighted by molar-refractivity contribution is 5.19. The first-order valence-corrected chi connectivity index (χ1v) is 7.69. The lowest BCUT2D eigenvalue weighted by Gasteiger charge is -2.29. The van der Waals surface area contributed by atoms with E-state index in [1.807, 2.05) is 6.92 Å². The van der Waals surface area contributed by atoms with Gasteiger partial charge in [-0.15, -0.1) is 0 Å². The van der Waals surface area contributed by atoms with Crippen LogP contribution in [-0.2, 0) is 0 Å². The fourth-order valence-electron chi connectivity index (χ4n) is 2.62. The Balaban J connectivity index is 2.58. The number of hydrogen-bond acceptors (Lipinski definition) is 3. The zero-order chi connectivity index (χ0) is 15.0. The van der Waals surface area contributed by atoms with Crippen molar-refractivity contribution in [3.63, 3.8) is 0 Å². The van der Waals surface area contributed by atoms with Gasteiger partial charge in [-0.05, 0) is 38.4 Å². The van der Waals surface area contributed by atoms with Crippen LogP contribution in [0.2, 0.25) is 0 Å². The third kappa shape index (κ3) is 6.04. The molecule has 0 aliphatic heterocycles. The Hall–Kier alpha value is -0.900. The molecule has 114 valence electrons. The van der Waals surface area contributed by atoms with Gasteiger partial charge in [0.25, 0.3) is 0 Å². The first-order valence-electron chi connectivity index (χ1n) is 7.69. The number of nitrogens with one attached hydrogen (secondary N) is 1. The van der Waals surface area contributed by atoms with Crippen molar-refractivity contribution in [2.24, 2.45) is 5.92 Å². The summed E-state index contributed by atoms with van der Waals surface area (Å²) in [6.07, 6.45) is 0.618. The van der Waals surface area contributed by atoms with Crippen LogP contribution in [-0.4, -0.2) is 42.8 Å². The van der Waals surface area contributed by atoms with Crippen molar-refractivity contribution in [3.8, 4) is 0 Å². The van der Waals surface area contributed by atoms with Crippen LogP contribution in [0.25, 0.3) is 0 Å². The maximum atomic E-state index is 9.37. The molecule has 0 aliphatic rings. The van der Waals surface area contributed by atoms with Gasteiger partial charge in [0.1, 0.15) is 0 Å². The van der Waals surface area contributed by atoms with Crippen molar-refractivity contribution in [2.75, 3.05) is 26.7 Å². The SMILES string of the molecule is CCNC(c1ccccc1)C(C)CN(C)CCC(C)O. The van der Waals surface area contributed by atoms with Gasteiger partial charge in [-0.3, -0.25) is 0 Å². The molecular weight excluding hydrogens is 248 g/mol. The molecular formula is C17H30N2O. The highest BCUT2D eigenvalue weighted by Gasteiger charge is 2.19. The van der Waals surface area contributed by atoms with E-state index >= 15 is 0 Å². The third-order valence-electron chi connectivity index (χ3n) is 3.68. The molecule has 3 heteroatoms. The molecule has 2 N–H and O–H groups in total. The standard InChI is InChI=1S/C17H30N2O/c1-5-18-17(16-9-7-6-8-10-16)14(2)13-19(4)12-11-15(3)20/h6-10,14-15,17-18,20H,5,11-13H2,1-4H3. The molecule has 0 saturated carbocycles. The molecule has 0 amide bonds. The van der Waals surface area contributed by atoms with Gasteiger partial charge < -0.3 is 15.3 Å². The van der Waals surface area contributed by atoms with Gasteiger partial charge in [0.2, 0.25) is 0 Å². The fourth-order valence-corrected chi connectivity index (χ4v) is 2.62. The number of benzene rings is 1. The molecule has 0 saturated heterocycles. The quantitative estimate of drug-likeness (QED) is 0.729. The van der Waals surface area contributed by atoms with E-state index in [0.717, 1.165) is 26.1 Å². The average molecular weight is 278 g/mol. The second-order valence-electron chi connectivity index (χ2n) is 5.82. The highest BCUT2D eigenvalue weighted by atomic mass is 16.3. The van der Waals surface area contributed by atoms with E-state index in [1.54, 1.807) is 0 Å². The Labute approximate surface area is 124 Å². The minimum Gasteiger partial charge on any atom is -0.393 e. The van der Waals surface area contributed by atoms with Gasteiger partial charge in [0.15, 0.2) is 0 Å². The predicted octanol–water partition coefficient (Wildman–Crippen LogP) is 2.68. The van der Waals surface area contributed by atoms with Crippen molar-refractivity contribution < 1.29 is 5.11 Å². The molecule has 0 heterocycles. The summed E-state index contributed by atoms with van der Waals surface area (Å²) in [5.74, 6) is 0.524. The number of rotatable bonds is 9. The molecule has 1 aromatic carbocycles. The second-order valence-corrected chi connectivity index (χ2v) is 5.82. The lowest BCUT2D eigenvalue weighted by Crippen LogP contribution is -2.35. The summed E-state index contributed by atoms with van der Waals surface area (Å²) in [7, 11) is 2.13. The fraction of sp³-hybridized carbons (Fsp3) is 0.647. The number of hydrogen-bond donors (Lipinski definition) is 2. The summed E-state index contributed by atoms with van der Waals surface area (Å²) in [5, 5.41) is 13.0. The molecule has 0 bridgehead atoms. The van der Waals surface area contributed by atoms with E-state index in [1.165, 1.54) is 5.56 Å². The summed E-state index contributed by atoms with van der Waals surface area (Å²) in [6.45, 7) is 9.23. The maximum absolute atomic E-state index is 9.37. The zero-order valence-electron chi connectivity index (χ0n) is 13.3. The Kier molecular flexibility index (Phi) is 7.82. The van der Waals surface area contributed by atoms with Crippen LogP contribution in [0, 0.1) is 5.92 Å². The number of aliphatic hydroxyl groups excluding tert-OH is 1. The molecule has 1 rings (SSSR count). The Morgan fingerprint density at radius 2 is 1.85 bits per heavy atom. The first-order chi connectivity index (χ1) is 9.54. The normalized spacial score (nSPS) is 16.1. The molecule has 3 unspecified atom stereocenters. The largest absolute Gasteiger partial charge is 0.393 e. The van der Waals surface area contributed by atoms with E-state index in [9.17, 15) is 5.11 Å². The Morgan fingerprint density at radius 3 is 2.40 bits per heavy atom. The van der Waals surface area contributed by atoms with Crippen LogP contribution in [0.4, 0.5) is 0 Å². The Morgan fingerprint density at radius 1 is 1.20 bits per heavy atom. The number of nitrogens with zero attached hydrogens (tertiary/aromatic N) is 1. The molecule has 0 radical (unpaired) electrons. The zero-order valence-corrected chi connectivity index (χ0v) is 13.3. The van der Waals surface area contributed by atoms with Gasteiger partial charge in [0.05, 0.1) is 6.10 Å². The lowest BCUT2D eigenvalue weighted by molar-refractivity contribution is 0.156. The van der Waals surface area contributed by atoms with E-state index in [4.69, 9.17) is 0 Å². The predicted molar refractivity (Wildman–Crippen MR) is 85.8 cm³/mol. The minimum absolute atomic E-state index is 0.216. The van der Waals surface area contributed by atoms with Crippen molar-refractivity contribution in [3.05, 3.63) is 35.9 Å². The van der Waals surface area contributed by atoms with E-state index in [2.05, 4.69) is 61.4 Å². The third-order valence-corrected chi connectivity index (χ3v) is 3.68. The summed E-state index contributed by atoms with van der Waals surface area (Å²) >= 11 is 0. The molecule has 0 spiro atoms. The maximum Gasteiger partial charge on any atom is 0.0524 e. The van der Waals surface area contributed by atoms with Crippen molar-refractivity contribution >= 4 is 0 Å². The van der Waals surface area contributed by atoms with Crippen LogP contribution in [0.15, 0.2) is 30.3 Å². The monoisotopic (exact) mass is 278 g/mol. The van der Waals surface area contributed by atoms with Crippen molar-refractivity contribution in [1.82, 2.24) is 10.2 Å². The van der Waals surface area contributed by atoms with Gasteiger partial charge in [-0.1, -0.05) is 44.2 Å². The average Bonchev–Trinajstić information content (AvgIpc) is 2.43. The summed E-state index contributed by atoms with van der Waals surface area (Å²) < 4.78 is 0. The van der Waals surface area contributed by atoms with Crippen LogP contribution in [0.1, 0.15) is 38.8 Å². The second kappa shape index (κ2) is 9.11.